The average molecular weight is 242 g/mol. The van der Waals surface area contributed by atoms with Gasteiger partial charge in [0.05, 0.1) is 6.10 Å². The van der Waals surface area contributed by atoms with E-state index in [1.165, 1.54) is 19.4 Å². The highest BCUT2D eigenvalue weighted by molar-refractivity contribution is 4.78. The summed E-state index contributed by atoms with van der Waals surface area (Å²) >= 11 is 0. The van der Waals surface area contributed by atoms with E-state index in [4.69, 9.17) is 4.74 Å². The Morgan fingerprint density at radius 1 is 1.35 bits per heavy atom. The third-order valence-electron chi connectivity index (χ3n) is 3.78. The Kier molecular flexibility index (Phi) is 7.09. The highest BCUT2D eigenvalue weighted by Crippen LogP contribution is 2.18. The lowest BCUT2D eigenvalue weighted by Crippen LogP contribution is -2.46. The normalized spacial score (nSPS) is 26.6. The van der Waals surface area contributed by atoms with Gasteiger partial charge in [0.25, 0.3) is 0 Å². The Bertz CT molecular complexity index is 197. The molecule has 0 aliphatic carbocycles. The number of piperidine rings is 1. The first kappa shape index (κ1) is 14.9. The largest absolute Gasteiger partial charge is 0.380 e. The van der Waals surface area contributed by atoms with Gasteiger partial charge in [0, 0.05) is 26.7 Å². The number of likely N-dealkylation sites (tertiary alicyclic amines) is 1. The summed E-state index contributed by atoms with van der Waals surface area (Å²) in [4.78, 5) is 2.52. The van der Waals surface area contributed by atoms with Crippen molar-refractivity contribution < 1.29 is 4.74 Å². The van der Waals surface area contributed by atoms with Crippen molar-refractivity contribution in [2.24, 2.45) is 11.8 Å². The highest BCUT2D eigenvalue weighted by atomic mass is 16.5. The van der Waals surface area contributed by atoms with Gasteiger partial charge < -0.3 is 10.1 Å². The van der Waals surface area contributed by atoms with Crippen LogP contribution in [0.25, 0.3) is 0 Å². The Morgan fingerprint density at radius 3 is 2.76 bits per heavy atom. The van der Waals surface area contributed by atoms with Gasteiger partial charge in [-0.05, 0) is 37.8 Å². The Labute approximate surface area is 107 Å². The van der Waals surface area contributed by atoms with E-state index in [9.17, 15) is 0 Å². The lowest BCUT2D eigenvalue weighted by Gasteiger charge is -2.36. The third-order valence-corrected chi connectivity index (χ3v) is 3.78. The zero-order valence-corrected chi connectivity index (χ0v) is 12.0. The van der Waals surface area contributed by atoms with Gasteiger partial charge in [-0.25, -0.2) is 0 Å². The molecule has 0 aromatic heterocycles. The van der Waals surface area contributed by atoms with Crippen LogP contribution in [0, 0.1) is 11.8 Å². The first-order valence-corrected chi connectivity index (χ1v) is 7.09. The van der Waals surface area contributed by atoms with Crippen molar-refractivity contribution in [3.63, 3.8) is 0 Å². The smallest absolute Gasteiger partial charge is 0.0724 e. The van der Waals surface area contributed by atoms with Crippen molar-refractivity contribution in [1.82, 2.24) is 10.2 Å². The Hall–Kier alpha value is -0.120. The average Bonchev–Trinajstić information content (AvgIpc) is 2.30. The predicted octanol–water partition coefficient (Wildman–Crippen LogP) is 1.98. The molecule has 3 nitrogen and oxygen atoms in total. The number of ether oxygens (including phenoxy) is 1. The maximum absolute atomic E-state index is 5.53. The summed E-state index contributed by atoms with van der Waals surface area (Å²) in [7, 11) is 1.84. The maximum atomic E-state index is 5.53. The molecule has 0 radical (unpaired) electrons. The Balaban J connectivity index is 2.07. The van der Waals surface area contributed by atoms with Crippen LogP contribution in [0.5, 0.6) is 0 Å². The monoisotopic (exact) mass is 242 g/mol. The fraction of sp³-hybridized carbons (Fsp3) is 1.00. The van der Waals surface area contributed by atoms with Crippen LogP contribution in [0.15, 0.2) is 0 Å². The molecule has 1 heterocycles. The summed E-state index contributed by atoms with van der Waals surface area (Å²) < 4.78 is 5.53. The lowest BCUT2D eigenvalue weighted by molar-refractivity contribution is -0.00441. The number of hydrogen-bond acceptors (Lipinski definition) is 3. The van der Waals surface area contributed by atoms with Crippen molar-refractivity contribution in [1.29, 1.82) is 0 Å². The predicted molar refractivity (Wildman–Crippen MR) is 73.3 cm³/mol. The van der Waals surface area contributed by atoms with E-state index in [0.29, 0.717) is 12.0 Å². The van der Waals surface area contributed by atoms with Crippen LogP contribution >= 0.6 is 0 Å². The molecule has 1 aliphatic rings. The van der Waals surface area contributed by atoms with Gasteiger partial charge in [0.1, 0.15) is 0 Å². The first-order chi connectivity index (χ1) is 8.13. The molecule has 0 amide bonds. The molecule has 0 aromatic carbocycles. The zero-order chi connectivity index (χ0) is 12.7. The molecule has 1 rings (SSSR count). The molecule has 2 atom stereocenters. The van der Waals surface area contributed by atoms with Crippen molar-refractivity contribution in [2.45, 2.75) is 39.7 Å². The second-order valence-corrected chi connectivity index (χ2v) is 5.77. The van der Waals surface area contributed by atoms with Crippen LogP contribution in [-0.2, 0) is 4.74 Å². The quantitative estimate of drug-likeness (QED) is 0.691. The van der Waals surface area contributed by atoms with Crippen molar-refractivity contribution >= 4 is 0 Å². The number of rotatable bonds is 7. The summed E-state index contributed by atoms with van der Waals surface area (Å²) in [6.45, 7) is 12.6. The molecule has 3 heteroatoms. The maximum Gasteiger partial charge on any atom is 0.0724 e. The number of nitrogens with one attached hydrogen (secondary N) is 1. The molecule has 0 spiro atoms. The van der Waals surface area contributed by atoms with E-state index < -0.39 is 0 Å². The molecule has 102 valence electrons. The molecule has 0 saturated carbocycles. The number of methoxy groups -OCH3 is 1. The van der Waals surface area contributed by atoms with Gasteiger partial charge in [-0.3, -0.25) is 4.90 Å². The standard InChI is InChI=1S/C14H30N2O/c1-12(2)5-7-15-8-10-16-9-6-13(3)14(11-16)17-4/h12-15H,5-11H2,1-4H3. The van der Waals surface area contributed by atoms with Gasteiger partial charge in [-0.15, -0.1) is 0 Å². The van der Waals surface area contributed by atoms with E-state index in [-0.39, 0.29) is 0 Å². The van der Waals surface area contributed by atoms with E-state index in [2.05, 4.69) is 31.0 Å². The van der Waals surface area contributed by atoms with Crippen LogP contribution in [0.1, 0.15) is 33.6 Å². The molecule has 1 saturated heterocycles. The van der Waals surface area contributed by atoms with Gasteiger partial charge in [-0.2, -0.15) is 0 Å². The molecule has 0 bridgehead atoms. The van der Waals surface area contributed by atoms with E-state index >= 15 is 0 Å². The fourth-order valence-corrected chi connectivity index (χ4v) is 2.36. The summed E-state index contributed by atoms with van der Waals surface area (Å²) in [6, 6.07) is 0. The molecule has 1 aliphatic heterocycles. The van der Waals surface area contributed by atoms with Crippen LogP contribution in [0.3, 0.4) is 0 Å². The Morgan fingerprint density at radius 2 is 2.12 bits per heavy atom. The van der Waals surface area contributed by atoms with Gasteiger partial charge in [0.15, 0.2) is 0 Å². The molecule has 2 unspecified atom stereocenters. The topological polar surface area (TPSA) is 24.5 Å². The summed E-state index contributed by atoms with van der Waals surface area (Å²) in [5.41, 5.74) is 0. The highest BCUT2D eigenvalue weighted by Gasteiger charge is 2.25. The van der Waals surface area contributed by atoms with Crippen molar-refractivity contribution in [3.8, 4) is 0 Å². The van der Waals surface area contributed by atoms with Gasteiger partial charge in [-0.1, -0.05) is 20.8 Å². The summed E-state index contributed by atoms with van der Waals surface area (Å²) in [6.07, 6.45) is 2.97. The van der Waals surface area contributed by atoms with Gasteiger partial charge >= 0.3 is 0 Å². The summed E-state index contributed by atoms with van der Waals surface area (Å²) in [5, 5.41) is 3.53. The minimum atomic E-state index is 0.430. The summed E-state index contributed by atoms with van der Waals surface area (Å²) in [5.74, 6) is 1.52. The second-order valence-electron chi connectivity index (χ2n) is 5.77. The second kappa shape index (κ2) is 8.06. The first-order valence-electron chi connectivity index (χ1n) is 7.09. The lowest BCUT2D eigenvalue weighted by atomic mass is 9.96. The molecule has 0 aromatic rings. The number of hydrogen-bond donors (Lipinski definition) is 1. The van der Waals surface area contributed by atoms with Crippen LogP contribution in [0.2, 0.25) is 0 Å². The van der Waals surface area contributed by atoms with E-state index in [1.54, 1.807) is 0 Å². The molecule has 17 heavy (non-hydrogen) atoms. The SMILES string of the molecule is COC1CN(CCNCCC(C)C)CCC1C. The minimum Gasteiger partial charge on any atom is -0.380 e. The molecular formula is C14H30N2O. The number of nitrogens with zero attached hydrogens (tertiary/aromatic N) is 1. The van der Waals surface area contributed by atoms with Gasteiger partial charge in [0.2, 0.25) is 0 Å². The van der Waals surface area contributed by atoms with Crippen molar-refractivity contribution in [2.75, 3.05) is 39.8 Å². The van der Waals surface area contributed by atoms with Crippen LogP contribution < -0.4 is 5.32 Å². The third kappa shape index (κ3) is 5.84. The fourth-order valence-electron chi connectivity index (χ4n) is 2.36. The van der Waals surface area contributed by atoms with E-state index in [0.717, 1.165) is 32.1 Å². The van der Waals surface area contributed by atoms with Crippen LogP contribution in [-0.4, -0.2) is 50.8 Å². The molecular weight excluding hydrogens is 212 g/mol. The molecule has 1 N–H and O–H groups in total. The van der Waals surface area contributed by atoms with Crippen LogP contribution in [0.4, 0.5) is 0 Å². The minimum absolute atomic E-state index is 0.430. The van der Waals surface area contributed by atoms with Crippen molar-refractivity contribution in [3.05, 3.63) is 0 Å². The van der Waals surface area contributed by atoms with E-state index in [1.807, 2.05) is 7.11 Å². The molecule has 1 fully saturated rings. The zero-order valence-electron chi connectivity index (χ0n) is 12.0.